The van der Waals surface area contributed by atoms with Crippen LogP contribution in [0.2, 0.25) is 0 Å². The Hall–Kier alpha value is 0.479. The maximum atomic E-state index is 3.52. The first-order valence-corrected chi connectivity index (χ1v) is 7.50. The van der Waals surface area contributed by atoms with E-state index in [2.05, 4.69) is 45.1 Å². The summed E-state index contributed by atoms with van der Waals surface area (Å²) < 4.78 is 4.47. The van der Waals surface area contributed by atoms with Gasteiger partial charge in [0.2, 0.25) is 0 Å². The summed E-state index contributed by atoms with van der Waals surface area (Å²) in [7, 11) is 0. The molecule has 0 aliphatic carbocycles. The molecule has 0 N–H and O–H groups in total. The molecular formula is C8H5BrSe2. The fourth-order valence-electron chi connectivity index (χ4n) is 0.865. The summed E-state index contributed by atoms with van der Waals surface area (Å²) in [5, 5.41) is 0. The van der Waals surface area contributed by atoms with Gasteiger partial charge in [-0.2, -0.15) is 0 Å². The van der Waals surface area contributed by atoms with E-state index in [1.165, 1.54) is 3.35 Å². The quantitative estimate of drug-likeness (QED) is 0.699. The van der Waals surface area contributed by atoms with Crippen molar-refractivity contribution in [1.29, 1.82) is 0 Å². The van der Waals surface area contributed by atoms with E-state index in [0.29, 0.717) is 29.0 Å². The fraction of sp³-hybridized carbons (Fsp3) is 0. The summed E-state index contributed by atoms with van der Waals surface area (Å²) in [6, 6.07) is 8.82. The maximum absolute atomic E-state index is 3.52. The molecule has 0 aromatic carbocycles. The van der Waals surface area contributed by atoms with Crippen LogP contribution in [0.15, 0.2) is 32.6 Å². The monoisotopic (exact) mass is 340 g/mol. The molecule has 0 nitrogen and oxygen atoms in total. The van der Waals surface area contributed by atoms with Gasteiger partial charge < -0.3 is 0 Å². The zero-order valence-electron chi connectivity index (χ0n) is 5.58. The van der Waals surface area contributed by atoms with Crippen molar-refractivity contribution in [3.8, 4) is 8.87 Å². The number of hydrogen-bond donors (Lipinski definition) is 0. The Morgan fingerprint density at radius 1 is 1.09 bits per heavy atom. The van der Waals surface area contributed by atoms with E-state index < -0.39 is 0 Å². The van der Waals surface area contributed by atoms with Crippen molar-refractivity contribution in [2.24, 2.45) is 0 Å². The molecule has 0 radical (unpaired) electrons. The third-order valence-electron chi connectivity index (χ3n) is 1.34. The van der Waals surface area contributed by atoms with Gasteiger partial charge in [-0.3, -0.25) is 0 Å². The van der Waals surface area contributed by atoms with Crippen molar-refractivity contribution < 1.29 is 0 Å². The first kappa shape index (κ1) is 8.09. The van der Waals surface area contributed by atoms with Gasteiger partial charge in [-0.15, -0.1) is 0 Å². The van der Waals surface area contributed by atoms with Crippen LogP contribution in [-0.2, 0) is 0 Å². The molecule has 0 atom stereocenters. The zero-order chi connectivity index (χ0) is 7.68. The van der Waals surface area contributed by atoms with Crippen LogP contribution in [0.4, 0.5) is 0 Å². The Labute approximate surface area is 85.9 Å². The second-order valence-corrected chi connectivity index (χ2v) is 8.38. The molecular weight excluding hydrogens is 334 g/mol. The van der Waals surface area contributed by atoms with E-state index in [4.69, 9.17) is 0 Å². The van der Waals surface area contributed by atoms with E-state index in [0.717, 1.165) is 0 Å². The standard InChI is InChI=1S/C8H5BrSe2/c9-8-4-3-7(11-8)6-2-1-5-10-6/h1-5H. The van der Waals surface area contributed by atoms with Crippen molar-refractivity contribution in [3.63, 3.8) is 0 Å². The van der Waals surface area contributed by atoms with E-state index in [9.17, 15) is 0 Å². The van der Waals surface area contributed by atoms with Gasteiger partial charge in [-0.05, 0) is 0 Å². The Bertz CT molecular complexity index is 335. The molecule has 2 heterocycles. The first-order chi connectivity index (χ1) is 5.36. The summed E-state index contributed by atoms with van der Waals surface area (Å²) >= 11 is 4.69. The Morgan fingerprint density at radius 3 is 2.55 bits per heavy atom. The van der Waals surface area contributed by atoms with Crippen LogP contribution >= 0.6 is 15.9 Å². The average Bonchev–Trinajstić information content (AvgIpc) is 2.55. The summed E-state index contributed by atoms with van der Waals surface area (Å²) in [4.78, 5) is 2.27. The molecule has 3 heteroatoms. The van der Waals surface area contributed by atoms with Crippen LogP contribution in [0, 0.1) is 0 Å². The molecule has 2 aromatic heterocycles. The van der Waals surface area contributed by atoms with Gasteiger partial charge in [-0.25, -0.2) is 0 Å². The minimum atomic E-state index is 0.555. The Balaban J connectivity index is 2.45. The molecule has 2 aromatic rings. The van der Waals surface area contributed by atoms with Gasteiger partial charge in [-0.1, -0.05) is 0 Å². The summed E-state index contributed by atoms with van der Waals surface area (Å²) in [5.41, 5.74) is 0. The van der Waals surface area contributed by atoms with Gasteiger partial charge in [0.05, 0.1) is 0 Å². The SMILES string of the molecule is Brc1ccc(-c2ccc[se]2)[se]1. The third kappa shape index (κ3) is 1.80. The number of halogens is 1. The molecule has 0 saturated heterocycles. The van der Waals surface area contributed by atoms with Gasteiger partial charge in [0.25, 0.3) is 0 Å². The Kier molecular flexibility index (Phi) is 2.55. The molecule has 0 unspecified atom stereocenters. The normalized spacial score (nSPS) is 10.3. The van der Waals surface area contributed by atoms with Crippen molar-refractivity contribution >= 4 is 44.9 Å². The first-order valence-electron chi connectivity index (χ1n) is 3.15. The van der Waals surface area contributed by atoms with Crippen molar-refractivity contribution in [2.75, 3.05) is 0 Å². The van der Waals surface area contributed by atoms with E-state index in [1.54, 1.807) is 8.87 Å². The van der Waals surface area contributed by atoms with Crippen LogP contribution in [0.1, 0.15) is 0 Å². The molecule has 0 aliphatic heterocycles. The van der Waals surface area contributed by atoms with Gasteiger partial charge in [0.15, 0.2) is 0 Å². The predicted molar refractivity (Wildman–Crippen MR) is 53.5 cm³/mol. The molecule has 0 saturated carbocycles. The summed E-state index contributed by atoms with van der Waals surface area (Å²) in [6.07, 6.45) is 0. The van der Waals surface area contributed by atoms with E-state index in [1.807, 2.05) is 0 Å². The predicted octanol–water partition coefficient (Wildman–Crippen LogP) is 2.23. The van der Waals surface area contributed by atoms with Crippen LogP contribution in [0.5, 0.6) is 0 Å². The van der Waals surface area contributed by atoms with Gasteiger partial charge >= 0.3 is 86.4 Å². The van der Waals surface area contributed by atoms with Gasteiger partial charge in [0, 0.05) is 0 Å². The molecule has 0 spiro atoms. The minimum absolute atomic E-state index is 0.555. The zero-order valence-corrected chi connectivity index (χ0v) is 10.6. The molecule has 56 valence electrons. The molecule has 2 rings (SSSR count). The summed E-state index contributed by atoms with van der Waals surface area (Å²) in [6.45, 7) is 0. The van der Waals surface area contributed by atoms with E-state index >= 15 is 0 Å². The fourth-order valence-corrected chi connectivity index (χ4v) is 5.60. The second kappa shape index (κ2) is 3.47. The average molecular weight is 339 g/mol. The molecule has 11 heavy (non-hydrogen) atoms. The van der Waals surface area contributed by atoms with Crippen molar-refractivity contribution in [2.45, 2.75) is 0 Å². The van der Waals surface area contributed by atoms with Crippen molar-refractivity contribution in [1.82, 2.24) is 0 Å². The number of rotatable bonds is 1. The number of hydrogen-bond acceptors (Lipinski definition) is 0. The third-order valence-corrected chi connectivity index (χ3v) is 6.90. The summed E-state index contributed by atoms with van der Waals surface area (Å²) in [5.74, 6) is 0. The Morgan fingerprint density at radius 2 is 2.00 bits per heavy atom. The second-order valence-electron chi connectivity index (χ2n) is 2.08. The van der Waals surface area contributed by atoms with Crippen molar-refractivity contribution in [3.05, 3.63) is 32.6 Å². The molecule has 0 fully saturated rings. The topological polar surface area (TPSA) is 0 Å². The van der Waals surface area contributed by atoms with Crippen LogP contribution in [0.3, 0.4) is 0 Å². The van der Waals surface area contributed by atoms with Crippen LogP contribution in [-0.4, -0.2) is 29.0 Å². The van der Waals surface area contributed by atoms with Crippen LogP contribution < -0.4 is 0 Å². The van der Waals surface area contributed by atoms with Crippen LogP contribution in [0.25, 0.3) is 8.87 Å². The molecule has 0 bridgehead atoms. The molecule has 0 aliphatic rings. The van der Waals surface area contributed by atoms with Gasteiger partial charge in [0.1, 0.15) is 0 Å². The van der Waals surface area contributed by atoms with E-state index in [-0.39, 0.29) is 0 Å². The molecule has 0 amide bonds.